The highest BCUT2D eigenvalue weighted by molar-refractivity contribution is 7.80. The number of para-hydroxylation sites is 3. The first-order valence-corrected chi connectivity index (χ1v) is 7.54. The van der Waals surface area contributed by atoms with Gasteiger partial charge >= 0.3 is 0 Å². The predicted molar refractivity (Wildman–Crippen MR) is 93.7 cm³/mol. The molecular weight excluding hydrogens is 296 g/mol. The van der Waals surface area contributed by atoms with E-state index in [1.165, 1.54) is 0 Å². The lowest BCUT2D eigenvalue weighted by Crippen LogP contribution is -2.28. The van der Waals surface area contributed by atoms with Crippen LogP contribution in [0.3, 0.4) is 0 Å². The number of hydrogen-bond acceptors (Lipinski definition) is 3. The number of benzene rings is 2. The third-order valence-electron chi connectivity index (χ3n) is 3.07. The lowest BCUT2D eigenvalue weighted by molar-refractivity contribution is 0.342. The van der Waals surface area contributed by atoms with Gasteiger partial charge in [-0.25, -0.2) is 0 Å². The van der Waals surface area contributed by atoms with Crippen LogP contribution in [0.15, 0.2) is 48.5 Å². The van der Waals surface area contributed by atoms with E-state index in [1.54, 1.807) is 7.11 Å². The average Bonchev–Trinajstić information content (AvgIpc) is 2.55. The summed E-state index contributed by atoms with van der Waals surface area (Å²) in [6.45, 7) is 3.15. The lowest BCUT2D eigenvalue weighted by Gasteiger charge is -2.15. The van der Waals surface area contributed by atoms with Crippen LogP contribution < -0.4 is 20.1 Å². The summed E-state index contributed by atoms with van der Waals surface area (Å²) in [6.07, 6.45) is 0. The van der Waals surface area contributed by atoms with Crippen LogP contribution in [0.1, 0.15) is 12.5 Å². The molecule has 2 N–H and O–H groups in total. The van der Waals surface area contributed by atoms with E-state index in [9.17, 15) is 0 Å². The Morgan fingerprint density at radius 2 is 1.73 bits per heavy atom. The number of nitrogens with one attached hydrogen (secondary N) is 2. The van der Waals surface area contributed by atoms with Crippen molar-refractivity contribution in [1.82, 2.24) is 5.32 Å². The number of methoxy groups -OCH3 is 1. The smallest absolute Gasteiger partial charge is 0.171 e. The molecule has 0 aliphatic heterocycles. The molecule has 0 aliphatic carbocycles. The van der Waals surface area contributed by atoms with Crippen molar-refractivity contribution < 1.29 is 9.47 Å². The summed E-state index contributed by atoms with van der Waals surface area (Å²) in [5.74, 6) is 1.62. The molecule has 0 saturated heterocycles. The molecule has 2 aromatic rings. The number of ether oxygens (including phenoxy) is 2. The van der Waals surface area contributed by atoms with Crippen molar-refractivity contribution in [1.29, 1.82) is 0 Å². The van der Waals surface area contributed by atoms with E-state index in [1.807, 2.05) is 55.5 Å². The van der Waals surface area contributed by atoms with Gasteiger partial charge in [0.25, 0.3) is 0 Å². The molecule has 5 heteroatoms. The molecule has 0 unspecified atom stereocenters. The average molecular weight is 316 g/mol. The van der Waals surface area contributed by atoms with Crippen LogP contribution in [0.2, 0.25) is 0 Å². The monoisotopic (exact) mass is 316 g/mol. The Balaban J connectivity index is 1.96. The van der Waals surface area contributed by atoms with E-state index < -0.39 is 0 Å². The van der Waals surface area contributed by atoms with Crippen LogP contribution in [0.4, 0.5) is 5.69 Å². The Bertz CT molecular complexity index is 632. The van der Waals surface area contributed by atoms with Crippen LogP contribution in [0, 0.1) is 0 Å². The molecular formula is C17H20N2O2S. The Labute approximate surface area is 136 Å². The standard InChI is InChI=1S/C17H20N2O2S/c1-3-21-16-11-7-5-9-14(16)19-17(22)18-12-13-8-4-6-10-15(13)20-2/h4-11H,3,12H2,1-2H3,(H2,18,19,22). The van der Waals surface area contributed by atoms with E-state index >= 15 is 0 Å². The second-order valence-corrected chi connectivity index (χ2v) is 4.96. The molecule has 22 heavy (non-hydrogen) atoms. The minimum absolute atomic E-state index is 0.540. The van der Waals surface area contributed by atoms with Crippen molar-refractivity contribution in [3.05, 3.63) is 54.1 Å². The van der Waals surface area contributed by atoms with Gasteiger partial charge in [0.15, 0.2) is 5.11 Å². The number of anilines is 1. The summed E-state index contributed by atoms with van der Waals surface area (Å²) in [4.78, 5) is 0. The summed E-state index contributed by atoms with van der Waals surface area (Å²) in [5.41, 5.74) is 1.90. The fraction of sp³-hybridized carbons (Fsp3) is 0.235. The fourth-order valence-electron chi connectivity index (χ4n) is 2.04. The maximum Gasteiger partial charge on any atom is 0.171 e. The van der Waals surface area contributed by atoms with Gasteiger partial charge < -0.3 is 20.1 Å². The van der Waals surface area contributed by atoms with E-state index in [-0.39, 0.29) is 0 Å². The molecule has 0 fully saturated rings. The number of rotatable bonds is 6. The van der Waals surface area contributed by atoms with E-state index in [2.05, 4.69) is 10.6 Å². The maximum atomic E-state index is 5.57. The van der Waals surface area contributed by atoms with Gasteiger partial charge in [0.05, 0.1) is 19.4 Å². The molecule has 2 aromatic carbocycles. The molecule has 0 atom stereocenters. The van der Waals surface area contributed by atoms with Gasteiger partial charge in [-0.05, 0) is 37.3 Å². The zero-order valence-electron chi connectivity index (χ0n) is 12.8. The van der Waals surface area contributed by atoms with Crippen molar-refractivity contribution >= 4 is 23.0 Å². The third kappa shape index (κ3) is 4.36. The summed E-state index contributed by atoms with van der Waals surface area (Å²) >= 11 is 5.34. The van der Waals surface area contributed by atoms with Gasteiger partial charge in [-0.15, -0.1) is 0 Å². The summed E-state index contributed by atoms with van der Waals surface area (Å²) < 4.78 is 10.9. The number of hydrogen-bond donors (Lipinski definition) is 2. The fourth-order valence-corrected chi connectivity index (χ4v) is 2.22. The largest absolute Gasteiger partial charge is 0.496 e. The summed E-state index contributed by atoms with van der Waals surface area (Å²) in [6, 6.07) is 15.6. The van der Waals surface area contributed by atoms with Gasteiger partial charge in [-0.1, -0.05) is 30.3 Å². The normalized spacial score (nSPS) is 9.91. The van der Waals surface area contributed by atoms with Crippen LogP contribution >= 0.6 is 12.2 Å². The molecule has 4 nitrogen and oxygen atoms in total. The van der Waals surface area contributed by atoms with Gasteiger partial charge in [0.2, 0.25) is 0 Å². The van der Waals surface area contributed by atoms with Crippen LogP contribution in [0.5, 0.6) is 11.5 Å². The van der Waals surface area contributed by atoms with E-state index in [0.717, 1.165) is 22.7 Å². The SMILES string of the molecule is CCOc1ccccc1NC(=S)NCc1ccccc1OC. The molecule has 0 spiro atoms. The van der Waals surface area contributed by atoms with Crippen LogP contribution in [0.25, 0.3) is 0 Å². The first kappa shape index (κ1) is 16.1. The molecule has 2 rings (SSSR count). The first-order chi connectivity index (χ1) is 10.7. The van der Waals surface area contributed by atoms with Gasteiger partial charge in [-0.3, -0.25) is 0 Å². The Morgan fingerprint density at radius 1 is 1.05 bits per heavy atom. The predicted octanol–water partition coefficient (Wildman–Crippen LogP) is 3.58. The zero-order chi connectivity index (χ0) is 15.8. The number of thiocarbonyl (C=S) groups is 1. The Hall–Kier alpha value is -2.27. The molecule has 0 aromatic heterocycles. The van der Waals surface area contributed by atoms with Crippen LogP contribution in [-0.4, -0.2) is 18.8 Å². The van der Waals surface area contributed by atoms with E-state index in [0.29, 0.717) is 18.3 Å². The first-order valence-electron chi connectivity index (χ1n) is 7.13. The molecule has 0 aliphatic rings. The van der Waals surface area contributed by atoms with Crippen molar-refractivity contribution in [2.75, 3.05) is 19.0 Å². The third-order valence-corrected chi connectivity index (χ3v) is 3.31. The van der Waals surface area contributed by atoms with Crippen LogP contribution in [-0.2, 0) is 6.54 Å². The van der Waals surface area contributed by atoms with Gasteiger partial charge in [0.1, 0.15) is 11.5 Å². The summed E-state index contributed by atoms with van der Waals surface area (Å²) in [5, 5.41) is 6.87. The van der Waals surface area contributed by atoms with Crippen molar-refractivity contribution in [3.8, 4) is 11.5 Å². The second kappa shape index (κ2) is 8.24. The minimum Gasteiger partial charge on any atom is -0.496 e. The minimum atomic E-state index is 0.540. The molecule has 0 heterocycles. The van der Waals surface area contributed by atoms with Gasteiger partial charge in [0, 0.05) is 12.1 Å². The maximum absolute atomic E-state index is 5.57. The van der Waals surface area contributed by atoms with E-state index in [4.69, 9.17) is 21.7 Å². The van der Waals surface area contributed by atoms with Crippen molar-refractivity contribution in [2.24, 2.45) is 0 Å². The zero-order valence-corrected chi connectivity index (χ0v) is 13.6. The van der Waals surface area contributed by atoms with Crippen molar-refractivity contribution in [3.63, 3.8) is 0 Å². The Morgan fingerprint density at radius 3 is 2.45 bits per heavy atom. The molecule has 0 amide bonds. The topological polar surface area (TPSA) is 42.5 Å². The summed E-state index contributed by atoms with van der Waals surface area (Å²) in [7, 11) is 1.66. The Kier molecular flexibility index (Phi) is 6.03. The lowest BCUT2D eigenvalue weighted by atomic mass is 10.2. The quantitative estimate of drug-likeness (QED) is 0.797. The highest BCUT2D eigenvalue weighted by Gasteiger charge is 2.06. The van der Waals surface area contributed by atoms with Gasteiger partial charge in [-0.2, -0.15) is 0 Å². The molecule has 0 bridgehead atoms. The highest BCUT2D eigenvalue weighted by atomic mass is 32.1. The molecule has 0 saturated carbocycles. The second-order valence-electron chi connectivity index (χ2n) is 4.55. The molecule has 116 valence electrons. The highest BCUT2D eigenvalue weighted by Crippen LogP contribution is 2.23. The van der Waals surface area contributed by atoms with Crippen molar-refractivity contribution in [2.45, 2.75) is 13.5 Å². The molecule has 0 radical (unpaired) electrons.